The quantitative estimate of drug-likeness (QED) is 0.396. The van der Waals surface area contributed by atoms with Gasteiger partial charge in [-0.2, -0.15) is 0 Å². The van der Waals surface area contributed by atoms with Crippen LogP contribution in [0.2, 0.25) is 0 Å². The lowest BCUT2D eigenvalue weighted by Crippen LogP contribution is -2.56. The van der Waals surface area contributed by atoms with Gasteiger partial charge in [0.15, 0.2) is 0 Å². The van der Waals surface area contributed by atoms with Crippen molar-refractivity contribution in [3.05, 3.63) is 34.9 Å². The van der Waals surface area contributed by atoms with E-state index in [1.807, 2.05) is 0 Å². The first-order chi connectivity index (χ1) is 13.5. The summed E-state index contributed by atoms with van der Waals surface area (Å²) in [7, 11) is 0. The van der Waals surface area contributed by atoms with E-state index >= 15 is 0 Å². The number of amides is 1. The molecule has 3 heteroatoms. The Hall–Kier alpha value is -1.35. The lowest BCUT2D eigenvalue weighted by atomic mass is 9.76. The number of aliphatic hydroxyl groups is 1. The fourth-order valence-corrected chi connectivity index (χ4v) is 4.86. The fraction of sp³-hybridized carbons (Fsp3) is 0.720. The van der Waals surface area contributed by atoms with Gasteiger partial charge in [-0.1, -0.05) is 64.2 Å². The van der Waals surface area contributed by atoms with Gasteiger partial charge in [0.2, 0.25) is 5.91 Å². The van der Waals surface area contributed by atoms with Crippen molar-refractivity contribution < 1.29 is 9.90 Å². The number of carbonyl (C=O) groups excluding carboxylic acids is 1. The van der Waals surface area contributed by atoms with E-state index in [2.05, 4.69) is 37.4 Å². The molecule has 2 rings (SSSR count). The summed E-state index contributed by atoms with van der Waals surface area (Å²) in [6.07, 6.45) is 14.2. The molecule has 0 aromatic heterocycles. The van der Waals surface area contributed by atoms with E-state index in [9.17, 15) is 9.90 Å². The number of nitrogens with one attached hydrogen (secondary N) is 1. The Morgan fingerprint density at radius 1 is 1.14 bits per heavy atom. The highest BCUT2D eigenvalue weighted by Crippen LogP contribution is 2.34. The van der Waals surface area contributed by atoms with Gasteiger partial charge in [0.25, 0.3) is 0 Å². The van der Waals surface area contributed by atoms with Crippen molar-refractivity contribution >= 4 is 5.91 Å². The van der Waals surface area contributed by atoms with E-state index in [1.165, 1.54) is 61.6 Å². The Balaban J connectivity index is 2.01. The molecule has 1 aliphatic carbocycles. The van der Waals surface area contributed by atoms with Gasteiger partial charge in [0, 0.05) is 6.92 Å². The van der Waals surface area contributed by atoms with E-state index in [0.29, 0.717) is 0 Å². The Morgan fingerprint density at radius 2 is 1.89 bits per heavy atom. The number of carbonyl (C=O) groups is 1. The Kier molecular flexibility index (Phi) is 9.50. The van der Waals surface area contributed by atoms with Crippen molar-refractivity contribution in [3.63, 3.8) is 0 Å². The van der Waals surface area contributed by atoms with Crippen molar-refractivity contribution in [2.45, 2.75) is 103 Å². The molecule has 0 saturated heterocycles. The molecule has 0 saturated carbocycles. The maximum Gasteiger partial charge on any atom is 0.217 e. The molecule has 0 spiro atoms. The molecule has 28 heavy (non-hydrogen) atoms. The molecule has 2 atom stereocenters. The zero-order chi connectivity index (χ0) is 20.4. The third-order valence-electron chi connectivity index (χ3n) is 6.67. The van der Waals surface area contributed by atoms with E-state index in [1.54, 1.807) is 6.92 Å². The summed E-state index contributed by atoms with van der Waals surface area (Å²) in [5.74, 6) is 0.242. The van der Waals surface area contributed by atoms with Gasteiger partial charge in [-0.3, -0.25) is 4.79 Å². The van der Waals surface area contributed by atoms with Crippen molar-refractivity contribution in [2.75, 3.05) is 6.61 Å². The van der Waals surface area contributed by atoms with Crippen LogP contribution in [-0.2, 0) is 24.1 Å². The number of hydrogen-bond acceptors (Lipinski definition) is 2. The normalized spacial score (nSPS) is 18.8. The van der Waals surface area contributed by atoms with Crippen LogP contribution in [0, 0.1) is 5.92 Å². The average molecular weight is 388 g/mol. The highest BCUT2D eigenvalue weighted by Gasteiger charge is 2.38. The van der Waals surface area contributed by atoms with Crippen LogP contribution in [0.4, 0.5) is 0 Å². The second-order valence-corrected chi connectivity index (χ2v) is 8.76. The molecule has 0 aliphatic heterocycles. The van der Waals surface area contributed by atoms with Crippen molar-refractivity contribution in [1.82, 2.24) is 5.32 Å². The molecular formula is C25H41NO2. The summed E-state index contributed by atoms with van der Waals surface area (Å²) in [6.45, 7) is 5.90. The maximum atomic E-state index is 11.8. The third-order valence-corrected chi connectivity index (χ3v) is 6.67. The number of hydrogen-bond donors (Lipinski definition) is 2. The summed E-state index contributed by atoms with van der Waals surface area (Å²) in [4.78, 5) is 11.8. The van der Waals surface area contributed by atoms with Gasteiger partial charge in [0.05, 0.1) is 12.1 Å². The van der Waals surface area contributed by atoms with Crippen molar-refractivity contribution in [1.29, 1.82) is 0 Å². The number of rotatable bonds is 11. The topological polar surface area (TPSA) is 49.3 Å². The second-order valence-electron chi connectivity index (χ2n) is 8.76. The van der Waals surface area contributed by atoms with E-state index in [0.717, 1.165) is 32.1 Å². The summed E-state index contributed by atoms with van der Waals surface area (Å²) >= 11 is 0. The average Bonchev–Trinajstić information content (AvgIpc) is 2.91. The predicted molar refractivity (Wildman–Crippen MR) is 118 cm³/mol. The minimum absolute atomic E-state index is 0.0131. The van der Waals surface area contributed by atoms with Gasteiger partial charge in [-0.15, -0.1) is 0 Å². The van der Waals surface area contributed by atoms with E-state index in [4.69, 9.17) is 0 Å². The highest BCUT2D eigenvalue weighted by atomic mass is 16.3. The van der Waals surface area contributed by atoms with Gasteiger partial charge >= 0.3 is 0 Å². The van der Waals surface area contributed by atoms with Crippen LogP contribution < -0.4 is 5.32 Å². The highest BCUT2D eigenvalue weighted by molar-refractivity contribution is 5.74. The molecule has 1 amide bonds. The zero-order valence-electron chi connectivity index (χ0n) is 18.4. The first-order valence-corrected chi connectivity index (χ1v) is 11.5. The molecule has 158 valence electrons. The zero-order valence-corrected chi connectivity index (χ0v) is 18.4. The number of fused-ring (bicyclic) bond motifs is 1. The molecule has 3 nitrogen and oxygen atoms in total. The Bertz CT molecular complexity index is 607. The lowest BCUT2D eigenvalue weighted by Gasteiger charge is -2.39. The number of unbranched alkanes of at least 4 members (excludes halogenated alkanes) is 5. The minimum atomic E-state index is -0.495. The first kappa shape index (κ1) is 22.9. The molecule has 2 N–H and O–H groups in total. The third kappa shape index (κ3) is 6.34. The van der Waals surface area contributed by atoms with Crippen LogP contribution in [-0.4, -0.2) is 23.2 Å². The van der Waals surface area contributed by atoms with Gasteiger partial charge in [-0.05, 0) is 67.6 Å². The fourth-order valence-electron chi connectivity index (χ4n) is 4.86. The van der Waals surface area contributed by atoms with E-state index in [-0.39, 0.29) is 18.4 Å². The molecule has 1 aromatic rings. The van der Waals surface area contributed by atoms with Gasteiger partial charge < -0.3 is 10.4 Å². The summed E-state index contributed by atoms with van der Waals surface area (Å²) in [5, 5.41) is 13.2. The van der Waals surface area contributed by atoms with Crippen LogP contribution >= 0.6 is 0 Å². The van der Waals surface area contributed by atoms with Crippen LogP contribution in [0.3, 0.4) is 0 Å². The predicted octanol–water partition coefficient (Wildman–Crippen LogP) is 5.36. The molecule has 0 heterocycles. The SMILES string of the molecule is CCCCCCCCc1ccc2c(c1)CCCC(C(CC)(CO)NC(C)=O)C2. The summed E-state index contributed by atoms with van der Waals surface area (Å²) < 4.78 is 0. The molecule has 1 aliphatic rings. The van der Waals surface area contributed by atoms with Crippen molar-refractivity contribution in [2.24, 2.45) is 5.92 Å². The summed E-state index contributed by atoms with van der Waals surface area (Å²) in [5.41, 5.74) is 3.87. The Morgan fingerprint density at radius 3 is 2.57 bits per heavy atom. The summed E-state index contributed by atoms with van der Waals surface area (Å²) in [6, 6.07) is 7.04. The molecule has 0 bridgehead atoms. The molecular weight excluding hydrogens is 346 g/mol. The van der Waals surface area contributed by atoms with Gasteiger partial charge in [-0.25, -0.2) is 0 Å². The maximum absolute atomic E-state index is 11.8. The van der Waals surface area contributed by atoms with E-state index < -0.39 is 5.54 Å². The Labute approximate surface area is 172 Å². The minimum Gasteiger partial charge on any atom is -0.394 e. The molecule has 2 unspecified atom stereocenters. The second kappa shape index (κ2) is 11.6. The van der Waals surface area contributed by atoms with Gasteiger partial charge in [0.1, 0.15) is 0 Å². The van der Waals surface area contributed by atoms with Crippen molar-refractivity contribution in [3.8, 4) is 0 Å². The van der Waals surface area contributed by atoms with Crippen LogP contribution in [0.15, 0.2) is 18.2 Å². The van der Waals surface area contributed by atoms with Crippen LogP contribution in [0.5, 0.6) is 0 Å². The number of benzene rings is 1. The lowest BCUT2D eigenvalue weighted by molar-refractivity contribution is -0.122. The molecule has 1 aromatic carbocycles. The smallest absolute Gasteiger partial charge is 0.217 e. The first-order valence-electron chi connectivity index (χ1n) is 11.5. The monoisotopic (exact) mass is 387 g/mol. The standard InChI is InChI=1S/C25H41NO2/c1-4-6-7-8-9-10-12-21-15-16-23-18-24(14-11-13-22(23)17-21)25(5-2,19-27)26-20(3)28/h15-17,24,27H,4-14,18-19H2,1-3H3,(H,26,28). The number of aryl methyl sites for hydroxylation is 2. The largest absolute Gasteiger partial charge is 0.394 e. The van der Waals surface area contributed by atoms with Crippen LogP contribution in [0.25, 0.3) is 0 Å². The number of aliphatic hydroxyl groups excluding tert-OH is 1. The van der Waals surface area contributed by atoms with Crippen LogP contribution in [0.1, 0.15) is 95.2 Å². The molecule has 0 radical (unpaired) electrons. The molecule has 0 fully saturated rings.